The molecule has 0 bridgehead atoms. The first kappa shape index (κ1) is 49.7. The first-order valence-electron chi connectivity index (χ1n) is 62.2. The second-order valence-electron chi connectivity index (χ2n) is 30.6. The van der Waals surface area contributed by atoms with Crippen LogP contribution in [0.1, 0.15) is 120 Å². The standard InChI is InChI=1S/6C16H21N3O2/c6*1-19(2)6-5-12-9-17-15-4-3-11(8-14(12)15)7-13-10-21-16(20)18-13/h6*3-4,8-9,13,17H,5-7,10H2,1-2H3,(H,18,20)/t6*13-/m000000/s1/i1D3,2D3,3D,4D,8D;1D3,3D,4D,8D;1D3,2D3,5D2,6D2;3D,4D,8D;1D3,5D2,6D2;5D2,6D2/hD6. The molecule has 6 aliphatic rings. The van der Waals surface area contributed by atoms with Crippen LogP contribution in [0, 0.1) is 0 Å². The number of likely N-dealkylation sites (N-methyl/N-ethyl adjacent to an activating group) is 6. The zero-order chi connectivity index (χ0) is 128. The lowest BCUT2D eigenvalue weighted by atomic mass is 10.0. The van der Waals surface area contributed by atoms with Crippen molar-refractivity contribution in [1.82, 2.24) is 91.2 Å². The highest BCUT2D eigenvalue weighted by Crippen LogP contribution is 2.29. The van der Waals surface area contributed by atoms with Crippen LogP contribution in [0.3, 0.4) is 0 Å². The van der Waals surface area contributed by atoms with Crippen molar-refractivity contribution >= 4 is 102 Å². The fraction of sp³-hybridized carbons (Fsp3) is 0.438. The molecule has 0 unspecified atom stereocenters. The van der Waals surface area contributed by atoms with Gasteiger partial charge in [0.05, 0.1) is 48.6 Å². The van der Waals surface area contributed by atoms with E-state index >= 15 is 0 Å². The molecule has 12 heterocycles. The number of carbonyl (C=O) groups excluding carboxylic acids is 6. The molecule has 6 fully saturated rings. The van der Waals surface area contributed by atoms with Crippen molar-refractivity contribution in [2.75, 3.05) is 163 Å². The third-order valence-electron chi connectivity index (χ3n) is 20.0. The van der Waals surface area contributed by atoms with E-state index < -0.39 is 152 Å². The second-order valence-corrected chi connectivity index (χ2v) is 30.6. The van der Waals surface area contributed by atoms with Gasteiger partial charge in [-0.05, 0) is 300 Å². The van der Waals surface area contributed by atoms with Crippen molar-refractivity contribution < 1.29 is 119 Å². The first-order valence-corrected chi connectivity index (χ1v) is 40.0. The van der Waals surface area contributed by atoms with Crippen molar-refractivity contribution in [3.05, 3.63) is 213 Å². The number of hydrogen-bond acceptors (Lipinski definition) is 18. The summed E-state index contributed by atoms with van der Waals surface area (Å²) in [5.41, 5.74) is 6.81. The molecule has 0 spiro atoms. The van der Waals surface area contributed by atoms with E-state index in [2.05, 4.69) is 35.8 Å². The van der Waals surface area contributed by atoms with Crippen molar-refractivity contribution in [2.45, 2.75) is 113 Å². The van der Waals surface area contributed by atoms with Gasteiger partial charge in [-0.3, -0.25) is 0 Å². The van der Waals surface area contributed by atoms with Crippen LogP contribution in [0.2, 0.25) is 8.47 Å². The molecule has 0 radical (unpaired) electrons. The van der Waals surface area contributed by atoms with Gasteiger partial charge in [-0.1, -0.05) is 36.3 Å². The largest absolute Gasteiger partial charge is 0.447 e. The number of fused-ring (bicyclic) bond motifs is 6. The third-order valence-corrected chi connectivity index (χ3v) is 20.0. The Bertz CT molecular complexity index is 7850. The van der Waals surface area contributed by atoms with E-state index in [-0.39, 0.29) is 190 Å². The van der Waals surface area contributed by atoms with Gasteiger partial charge in [-0.25, -0.2) is 28.8 Å². The highest BCUT2D eigenvalue weighted by molar-refractivity contribution is 5.88. The molecule has 0 saturated carbocycles. The molecular weight excluding hydrogens is 1600 g/mol. The quantitative estimate of drug-likeness (QED) is 0.0186. The van der Waals surface area contributed by atoms with Crippen LogP contribution in [-0.2, 0) is 105 Å². The number of aromatic amines is 6. The van der Waals surface area contributed by atoms with Gasteiger partial charge in [0, 0.05) is 183 Å². The summed E-state index contributed by atoms with van der Waals surface area (Å²) in [5.74, 6) is 0. The van der Waals surface area contributed by atoms with E-state index in [0.717, 1.165) is 74.6 Å². The number of alkyl carbamates (subject to hydrolysis) is 6. The zero-order valence-electron chi connectivity index (χ0n) is 115. The Kier molecular flexibility index (Phi) is 17.3. The average molecular weight is 1770 g/mol. The molecule has 30 heteroatoms. The van der Waals surface area contributed by atoms with Gasteiger partial charge in [-0.2, -0.15) is 0 Å². The highest BCUT2D eigenvalue weighted by atomic mass is 16.6. The Morgan fingerprint density at radius 3 is 0.929 bits per heavy atom. The molecule has 6 aromatic heterocycles. The molecule has 6 saturated heterocycles. The lowest BCUT2D eigenvalue weighted by Crippen LogP contribution is -2.28. The van der Waals surface area contributed by atoms with Gasteiger partial charge in [-0.15, -0.1) is 0 Å². The fourth-order valence-electron chi connectivity index (χ4n) is 13.9. The van der Waals surface area contributed by atoms with Gasteiger partial charge < -0.3 is 120 Å². The molecule has 6 amide bonds. The maximum Gasteiger partial charge on any atom is 0.407 e. The van der Waals surface area contributed by atoms with Crippen LogP contribution in [0.25, 0.3) is 65.4 Å². The van der Waals surface area contributed by atoms with Crippen molar-refractivity contribution in [3.63, 3.8) is 0 Å². The van der Waals surface area contributed by atoms with E-state index in [4.69, 9.17) is 90.4 Å². The number of benzene rings is 6. The summed E-state index contributed by atoms with van der Waals surface area (Å²) in [7, 11) is 9.39. The number of rotatable bonds is 30. The molecule has 12 N–H and O–H groups in total. The fourth-order valence-corrected chi connectivity index (χ4v) is 13.9. The number of nitrogens with zero attached hydrogens (tertiary/aromatic N) is 6. The van der Waals surface area contributed by atoms with E-state index in [1.165, 1.54) is 55.5 Å². The Morgan fingerprint density at radius 1 is 0.325 bits per heavy atom. The maximum atomic E-state index is 11.4. The molecule has 18 rings (SSSR count). The van der Waals surface area contributed by atoms with Crippen LogP contribution >= 0.6 is 0 Å². The topological polar surface area (TPSA) is 344 Å². The summed E-state index contributed by atoms with van der Waals surface area (Å²) in [5, 5.41) is 12.4. The van der Waals surface area contributed by atoms with Crippen LogP contribution in [0.5, 0.6) is 0 Å². The molecule has 6 aliphatic heterocycles. The summed E-state index contributed by atoms with van der Waals surface area (Å²) in [6, 6.07) is 12.0. The van der Waals surface area contributed by atoms with Crippen LogP contribution in [-0.4, -0.2) is 295 Å². The molecule has 0 aliphatic carbocycles. The van der Waals surface area contributed by atoms with Gasteiger partial charge in [0.15, 0.2) is 8.47 Å². The number of cyclic esters (lactones) is 6. The van der Waals surface area contributed by atoms with Crippen molar-refractivity contribution in [1.29, 1.82) is 0 Å². The summed E-state index contributed by atoms with van der Waals surface area (Å²) in [6.45, 7) is -25.0. The van der Waals surface area contributed by atoms with Crippen LogP contribution in [0.4, 0.5) is 28.8 Å². The number of H-pyrrole nitrogens is 6. The first-order chi connectivity index (χ1) is 78.8. The smallest absolute Gasteiger partial charge is 0.407 e. The summed E-state index contributed by atoms with van der Waals surface area (Å²) in [4.78, 5) is 84.2. The van der Waals surface area contributed by atoms with Gasteiger partial charge >= 0.3 is 36.6 Å². The number of aromatic nitrogens is 6. The number of aryl methyl sites for hydroxylation is 3. The summed E-state index contributed by atoms with van der Waals surface area (Å²) in [6.07, 6.45) is -1.19. The van der Waals surface area contributed by atoms with E-state index in [1.807, 2.05) is 20.3 Å². The highest BCUT2D eigenvalue weighted by Gasteiger charge is 2.29. The van der Waals surface area contributed by atoms with Crippen molar-refractivity contribution in [3.8, 4) is 0 Å². The monoisotopic (exact) mass is 1770 g/mol. The van der Waals surface area contributed by atoms with E-state index in [0.29, 0.717) is 106 Å². The minimum atomic E-state index is -3.53. The van der Waals surface area contributed by atoms with Gasteiger partial charge in [0.1, 0.15) is 39.6 Å². The molecular formula is C96H126N18O12. The minimum Gasteiger partial charge on any atom is -0.447 e. The number of ether oxygens (including phenoxy) is 6. The van der Waals surface area contributed by atoms with E-state index in [1.54, 1.807) is 48.7 Å². The summed E-state index contributed by atoms with van der Waals surface area (Å²) >= 11 is 0. The maximum absolute atomic E-state index is 11.4. The lowest BCUT2D eigenvalue weighted by Gasteiger charge is -2.09. The predicted molar refractivity (Wildman–Crippen MR) is 495 cm³/mol. The second kappa shape index (κ2) is 43.7. The van der Waals surface area contributed by atoms with Gasteiger partial charge in [0.2, 0.25) is 0 Å². The molecule has 6 aromatic carbocycles. The minimum absolute atomic E-state index is 0.0160. The molecule has 6 atom stereocenters. The van der Waals surface area contributed by atoms with E-state index in [9.17, 15) is 28.8 Å². The van der Waals surface area contributed by atoms with Gasteiger partial charge in [0.25, 0.3) is 0 Å². The Labute approximate surface area is 800 Å². The van der Waals surface area contributed by atoms with Crippen LogP contribution < -0.4 is 31.9 Å². The number of nitrogens with one attached hydrogen (secondary N) is 12. The average Bonchev–Trinajstić information content (AvgIpc) is 1.67. The molecule has 126 heavy (non-hydrogen) atoms. The zero-order valence-corrected chi connectivity index (χ0v) is 69.6. The number of carbonyl (C=O) groups is 6. The summed E-state index contributed by atoms with van der Waals surface area (Å²) < 4.78 is 386. The Balaban J connectivity index is 0.000000168. The molecule has 12 aromatic rings. The number of amides is 6. The number of hydrogen-bond donors (Lipinski definition) is 12. The normalized spacial score (nSPS) is 25.0. The Morgan fingerprint density at radius 2 is 0.627 bits per heavy atom. The Hall–Kier alpha value is -12.1. The SMILES string of the molecule is [2H]N1C(=O)OC[C@@H]1Cc1ccc2c(c1)c(C([2H])([2H])C([2H])([2H])N(C([2H])([2H])[2H])C([2H])([2H])[2H])cn2[2H].[2H]N1C(=O)OC[C@@H]1Cc1ccc2c(c1)c(C([2H])([2H])C([2H])([2H])N(C)C([2H])([2H])[2H])cn2[2H].[2H]N1C(=O)OC[C@@H]1Cc1ccc2c(c1)c(C([2H])([2H])C([2H])([2H])N(C)C)cn2[2H].[2H]c1c(C[C@H]2COC(=O)N2)c([2H])c2c(CCN(C([2H])([2H])[2H])C([2H])([2H])[2H])c[nH]c2c1[2H].[2H]c1c(C[C@H]2COC(=O)N2)c([2H])c2c(CCN(C)C([2H])([2H])[2H])c[nH]c2c1[2H].[2H]c1c(C[C@H]2COC(=O)N2)c([2H])c2c(CCN(C)C)c[nH]c2c1[2H]. The van der Waals surface area contributed by atoms with Crippen molar-refractivity contribution in [2.24, 2.45) is 0 Å². The third kappa shape index (κ3) is 26.5. The van der Waals surface area contributed by atoms with Crippen LogP contribution in [0.15, 0.2) is 146 Å². The lowest BCUT2D eigenvalue weighted by molar-refractivity contribution is 0.176. The predicted octanol–water partition coefficient (Wildman–Crippen LogP) is 11.5. The molecule has 30 nitrogen and oxygen atoms in total. The molecule has 672 valence electrons.